The van der Waals surface area contributed by atoms with Crippen molar-refractivity contribution in [2.75, 3.05) is 23.7 Å². The molecule has 1 atom stereocenters. The summed E-state index contributed by atoms with van der Waals surface area (Å²) in [4.78, 5) is 27.8. The second-order valence-corrected chi connectivity index (χ2v) is 11.4. The van der Waals surface area contributed by atoms with Gasteiger partial charge in [0.05, 0.1) is 11.9 Å². The van der Waals surface area contributed by atoms with Crippen molar-refractivity contribution in [2.45, 2.75) is 47.2 Å². The SMILES string of the molecule is Cc1cccc(CN(C(=O)CN(c2cc(Cl)ccc2C)S(C)(=O)=O)[C@H](C)C(=O)NCC(C)C)c1. The molecular weight excluding hydrogens is 474 g/mol. The number of rotatable bonds is 10. The van der Waals surface area contributed by atoms with E-state index < -0.39 is 28.5 Å². The van der Waals surface area contributed by atoms with Crippen LogP contribution in [-0.2, 0) is 26.2 Å². The molecule has 2 amide bonds. The van der Waals surface area contributed by atoms with Crippen LogP contribution >= 0.6 is 11.6 Å². The summed E-state index contributed by atoms with van der Waals surface area (Å²) in [6.45, 7) is 9.51. The van der Waals surface area contributed by atoms with E-state index in [1.165, 1.54) is 11.0 Å². The first-order chi connectivity index (χ1) is 15.8. The zero-order valence-electron chi connectivity index (χ0n) is 20.6. The summed E-state index contributed by atoms with van der Waals surface area (Å²) in [5, 5.41) is 3.22. The molecule has 2 aromatic rings. The minimum atomic E-state index is -3.81. The van der Waals surface area contributed by atoms with Crippen LogP contribution in [0.5, 0.6) is 0 Å². The van der Waals surface area contributed by atoms with Gasteiger partial charge in [-0.05, 0) is 49.9 Å². The van der Waals surface area contributed by atoms with E-state index in [1.807, 2.05) is 45.0 Å². The fourth-order valence-electron chi connectivity index (χ4n) is 3.49. The number of hydrogen-bond donors (Lipinski definition) is 1. The molecule has 34 heavy (non-hydrogen) atoms. The van der Waals surface area contributed by atoms with E-state index in [2.05, 4.69) is 5.32 Å². The summed E-state index contributed by atoms with van der Waals surface area (Å²) < 4.78 is 26.4. The van der Waals surface area contributed by atoms with E-state index in [0.29, 0.717) is 22.8 Å². The van der Waals surface area contributed by atoms with Gasteiger partial charge in [-0.2, -0.15) is 0 Å². The molecule has 1 N–H and O–H groups in total. The molecular formula is C25H34ClN3O4S. The highest BCUT2D eigenvalue weighted by atomic mass is 35.5. The Balaban J connectivity index is 2.41. The summed E-state index contributed by atoms with van der Waals surface area (Å²) >= 11 is 6.11. The molecule has 2 rings (SSSR count). The van der Waals surface area contributed by atoms with Crippen molar-refractivity contribution in [3.63, 3.8) is 0 Å². The van der Waals surface area contributed by atoms with Crippen molar-refractivity contribution >= 4 is 39.1 Å². The largest absolute Gasteiger partial charge is 0.354 e. The van der Waals surface area contributed by atoms with E-state index in [0.717, 1.165) is 21.7 Å². The van der Waals surface area contributed by atoms with Crippen molar-refractivity contribution in [1.82, 2.24) is 10.2 Å². The molecule has 0 fully saturated rings. The molecule has 0 aromatic heterocycles. The molecule has 0 spiro atoms. The standard InChI is InChI=1S/C25H34ClN3O4S/c1-17(2)14-27-25(31)20(5)28(15-21-9-7-8-18(3)12-21)24(30)16-29(34(6,32)33)23-13-22(26)11-10-19(23)4/h7-13,17,20H,14-16H2,1-6H3,(H,27,31)/t20-/m1/s1. The molecule has 0 heterocycles. The van der Waals surface area contributed by atoms with Gasteiger partial charge >= 0.3 is 0 Å². The minimum Gasteiger partial charge on any atom is -0.354 e. The van der Waals surface area contributed by atoms with Crippen LogP contribution in [0, 0.1) is 19.8 Å². The Hall–Kier alpha value is -2.58. The first kappa shape index (κ1) is 27.7. The Morgan fingerprint density at radius 2 is 1.74 bits per heavy atom. The quantitative estimate of drug-likeness (QED) is 0.528. The van der Waals surface area contributed by atoms with Crippen molar-refractivity contribution < 1.29 is 18.0 Å². The number of halogens is 1. The number of benzene rings is 2. The third-order valence-corrected chi connectivity index (χ3v) is 6.77. The van der Waals surface area contributed by atoms with Gasteiger partial charge in [0, 0.05) is 18.1 Å². The number of carbonyl (C=O) groups is 2. The van der Waals surface area contributed by atoms with Crippen molar-refractivity contribution in [3.05, 3.63) is 64.2 Å². The minimum absolute atomic E-state index is 0.170. The molecule has 0 aliphatic rings. The first-order valence-corrected chi connectivity index (χ1v) is 13.4. The maximum atomic E-state index is 13.6. The van der Waals surface area contributed by atoms with Crippen molar-refractivity contribution in [3.8, 4) is 0 Å². The fraction of sp³-hybridized carbons (Fsp3) is 0.440. The molecule has 0 radical (unpaired) electrons. The third kappa shape index (κ3) is 7.74. The van der Waals surface area contributed by atoms with Crippen LogP contribution in [0.3, 0.4) is 0 Å². The van der Waals surface area contributed by atoms with Crippen LogP contribution in [0.2, 0.25) is 5.02 Å². The maximum absolute atomic E-state index is 13.6. The monoisotopic (exact) mass is 507 g/mol. The predicted molar refractivity (Wildman–Crippen MR) is 137 cm³/mol. The Kier molecular flexibility index (Phi) is 9.53. The van der Waals surface area contributed by atoms with Gasteiger partial charge in [-0.3, -0.25) is 13.9 Å². The Morgan fingerprint density at radius 1 is 1.06 bits per heavy atom. The summed E-state index contributed by atoms with van der Waals surface area (Å²) in [6.07, 6.45) is 1.05. The summed E-state index contributed by atoms with van der Waals surface area (Å²) in [7, 11) is -3.81. The molecule has 9 heteroatoms. The highest BCUT2D eigenvalue weighted by Gasteiger charge is 2.30. The van der Waals surface area contributed by atoms with Crippen LogP contribution < -0.4 is 9.62 Å². The summed E-state index contributed by atoms with van der Waals surface area (Å²) in [6, 6.07) is 11.7. The number of anilines is 1. The average Bonchev–Trinajstić information content (AvgIpc) is 2.74. The zero-order chi connectivity index (χ0) is 25.6. The molecule has 0 aliphatic carbocycles. The van der Waals surface area contributed by atoms with E-state index in [4.69, 9.17) is 11.6 Å². The van der Waals surface area contributed by atoms with Gasteiger partial charge < -0.3 is 10.2 Å². The van der Waals surface area contributed by atoms with Crippen LogP contribution in [0.4, 0.5) is 5.69 Å². The van der Waals surface area contributed by atoms with E-state index in [9.17, 15) is 18.0 Å². The zero-order valence-corrected chi connectivity index (χ0v) is 22.2. The number of hydrogen-bond acceptors (Lipinski definition) is 4. The highest BCUT2D eigenvalue weighted by Crippen LogP contribution is 2.26. The molecule has 0 bridgehead atoms. The van der Waals surface area contributed by atoms with Crippen LogP contribution in [0.15, 0.2) is 42.5 Å². The fourth-order valence-corrected chi connectivity index (χ4v) is 4.55. The topological polar surface area (TPSA) is 86.8 Å². The number of nitrogens with one attached hydrogen (secondary N) is 1. The second-order valence-electron chi connectivity index (χ2n) is 9.03. The van der Waals surface area contributed by atoms with Crippen molar-refractivity contribution in [1.29, 1.82) is 0 Å². The predicted octanol–water partition coefficient (Wildman–Crippen LogP) is 3.91. The van der Waals surface area contributed by atoms with Gasteiger partial charge in [0.2, 0.25) is 21.8 Å². The lowest BCUT2D eigenvalue weighted by atomic mass is 10.1. The molecule has 186 valence electrons. The van der Waals surface area contributed by atoms with E-state index in [1.54, 1.807) is 26.0 Å². The first-order valence-electron chi connectivity index (χ1n) is 11.2. The lowest BCUT2D eigenvalue weighted by Gasteiger charge is -2.32. The lowest BCUT2D eigenvalue weighted by Crippen LogP contribution is -2.51. The molecule has 0 saturated heterocycles. The number of amides is 2. The van der Waals surface area contributed by atoms with Crippen LogP contribution in [0.1, 0.15) is 37.5 Å². The Bertz CT molecular complexity index is 1130. The number of aryl methyl sites for hydroxylation is 2. The normalized spacial score (nSPS) is 12.4. The molecule has 0 unspecified atom stereocenters. The average molecular weight is 508 g/mol. The smallest absolute Gasteiger partial charge is 0.244 e. The van der Waals surface area contributed by atoms with Gasteiger partial charge in [0.25, 0.3) is 0 Å². The third-order valence-electron chi connectivity index (χ3n) is 5.41. The van der Waals surface area contributed by atoms with E-state index in [-0.39, 0.29) is 18.4 Å². The number of sulfonamides is 1. The van der Waals surface area contributed by atoms with Gasteiger partial charge in [0.1, 0.15) is 12.6 Å². The maximum Gasteiger partial charge on any atom is 0.244 e. The molecule has 2 aromatic carbocycles. The van der Waals surface area contributed by atoms with E-state index >= 15 is 0 Å². The van der Waals surface area contributed by atoms with Gasteiger partial charge in [-0.25, -0.2) is 8.42 Å². The summed E-state index contributed by atoms with van der Waals surface area (Å²) in [5.41, 5.74) is 2.86. The van der Waals surface area contributed by atoms with Gasteiger partial charge in [-0.15, -0.1) is 0 Å². The van der Waals surface area contributed by atoms with Gasteiger partial charge in [-0.1, -0.05) is 61.3 Å². The highest BCUT2D eigenvalue weighted by molar-refractivity contribution is 7.92. The van der Waals surface area contributed by atoms with Crippen LogP contribution in [0.25, 0.3) is 0 Å². The molecule has 0 saturated carbocycles. The number of carbonyl (C=O) groups excluding carboxylic acids is 2. The number of nitrogens with zero attached hydrogens (tertiary/aromatic N) is 2. The van der Waals surface area contributed by atoms with Gasteiger partial charge in [0.15, 0.2) is 0 Å². The molecule has 7 nitrogen and oxygen atoms in total. The summed E-state index contributed by atoms with van der Waals surface area (Å²) in [5.74, 6) is -0.526. The molecule has 0 aliphatic heterocycles. The van der Waals surface area contributed by atoms with Crippen molar-refractivity contribution in [2.24, 2.45) is 5.92 Å². The second kappa shape index (κ2) is 11.7. The lowest BCUT2D eigenvalue weighted by molar-refractivity contribution is -0.139. The van der Waals surface area contributed by atoms with Crippen LogP contribution in [-0.4, -0.2) is 50.5 Å². The Morgan fingerprint density at radius 3 is 2.32 bits per heavy atom. The Labute approximate surface area is 208 Å².